The van der Waals surface area contributed by atoms with E-state index in [1.54, 1.807) is 0 Å². The summed E-state index contributed by atoms with van der Waals surface area (Å²) in [4.78, 5) is 19.8. The van der Waals surface area contributed by atoms with Crippen LogP contribution in [0.4, 0.5) is 0 Å². The predicted octanol–water partition coefficient (Wildman–Crippen LogP) is 6.34. The van der Waals surface area contributed by atoms with Gasteiger partial charge in [0.05, 0.1) is 26.4 Å². The molecule has 0 radical (unpaired) electrons. The molecule has 2 atom stereocenters. The van der Waals surface area contributed by atoms with Crippen molar-refractivity contribution in [1.29, 1.82) is 0 Å². The molecule has 0 fully saturated rings. The van der Waals surface area contributed by atoms with Crippen molar-refractivity contribution in [2.24, 2.45) is 11.8 Å². The van der Waals surface area contributed by atoms with Gasteiger partial charge in [0.15, 0.2) is 0 Å². The molecule has 4 nitrogen and oxygen atoms in total. The fourth-order valence-electron chi connectivity index (χ4n) is 2.25. The Hall–Kier alpha value is -0.160. The summed E-state index contributed by atoms with van der Waals surface area (Å²) < 4.78 is 0. The molecule has 0 saturated carbocycles. The van der Waals surface area contributed by atoms with E-state index in [0.29, 0.717) is 25.0 Å². The van der Waals surface area contributed by atoms with Gasteiger partial charge in [-0.15, -0.1) is 0 Å². The minimum atomic E-state index is 0.633. The molecule has 0 aliphatic heterocycles. The molecule has 0 bridgehead atoms. The van der Waals surface area contributed by atoms with Crippen LogP contribution in [-0.2, 0) is 19.6 Å². The molecule has 4 heteroatoms. The normalized spacial score (nSPS) is 13.2. The lowest BCUT2D eigenvalue weighted by Gasteiger charge is -2.16. The zero-order valence-corrected chi connectivity index (χ0v) is 17.3. The van der Waals surface area contributed by atoms with Gasteiger partial charge in [-0.3, -0.25) is 0 Å². The van der Waals surface area contributed by atoms with Crippen molar-refractivity contribution < 1.29 is 19.6 Å². The van der Waals surface area contributed by atoms with Crippen LogP contribution in [0.5, 0.6) is 0 Å². The van der Waals surface area contributed by atoms with Crippen molar-refractivity contribution in [3.8, 4) is 0 Å². The summed E-state index contributed by atoms with van der Waals surface area (Å²) in [6, 6.07) is 0. The third-order valence-corrected chi connectivity index (χ3v) is 4.10. The summed E-state index contributed by atoms with van der Waals surface area (Å²) in [5.41, 5.74) is 0. The molecule has 0 aromatic heterocycles. The van der Waals surface area contributed by atoms with Crippen LogP contribution in [0.15, 0.2) is 0 Å². The molecular weight excluding hydrogens is 304 g/mol. The zero-order chi connectivity index (χ0) is 18.5. The predicted molar refractivity (Wildman–Crippen MR) is 102 cm³/mol. The Morgan fingerprint density at radius 3 is 1.17 bits per heavy atom. The van der Waals surface area contributed by atoms with Crippen LogP contribution in [-0.4, -0.2) is 26.4 Å². The van der Waals surface area contributed by atoms with E-state index in [0.717, 1.165) is 13.2 Å². The maximum absolute atomic E-state index is 5.40. The van der Waals surface area contributed by atoms with Crippen molar-refractivity contribution in [3.63, 3.8) is 0 Å². The lowest BCUT2D eigenvalue weighted by Crippen LogP contribution is -2.13. The second-order valence-electron chi connectivity index (χ2n) is 6.22. The minimum absolute atomic E-state index is 0.633. The number of unbranched alkanes of at least 4 members (excludes halogenated alkanes) is 2. The molecule has 0 saturated heterocycles. The summed E-state index contributed by atoms with van der Waals surface area (Å²) in [6.07, 6.45) is 10.1. The SMILES string of the molecule is CCCCC(CC)COOCC(CC)CCCC.CCOOCC. The summed E-state index contributed by atoms with van der Waals surface area (Å²) in [7, 11) is 0. The van der Waals surface area contributed by atoms with Crippen LogP contribution in [0, 0.1) is 11.8 Å². The largest absolute Gasteiger partial charge is 0.237 e. The smallest absolute Gasteiger partial charge is 0.0850 e. The van der Waals surface area contributed by atoms with Crippen molar-refractivity contribution in [2.75, 3.05) is 26.4 Å². The highest BCUT2D eigenvalue weighted by Gasteiger charge is 2.09. The van der Waals surface area contributed by atoms with Crippen LogP contribution >= 0.6 is 0 Å². The molecule has 0 amide bonds. The topological polar surface area (TPSA) is 36.9 Å². The highest BCUT2D eigenvalue weighted by Crippen LogP contribution is 2.15. The summed E-state index contributed by atoms with van der Waals surface area (Å²) in [5, 5.41) is 0. The van der Waals surface area contributed by atoms with E-state index >= 15 is 0 Å². The molecule has 0 aliphatic carbocycles. The van der Waals surface area contributed by atoms with Crippen LogP contribution in [0.1, 0.15) is 92.9 Å². The molecule has 0 spiro atoms. The number of hydrogen-bond donors (Lipinski definition) is 0. The molecule has 0 rings (SSSR count). The van der Waals surface area contributed by atoms with Crippen LogP contribution in [0.3, 0.4) is 0 Å². The van der Waals surface area contributed by atoms with E-state index in [2.05, 4.69) is 37.5 Å². The Morgan fingerprint density at radius 2 is 0.917 bits per heavy atom. The average molecular weight is 349 g/mol. The quantitative estimate of drug-likeness (QED) is 0.185. The van der Waals surface area contributed by atoms with Gasteiger partial charge in [0, 0.05) is 0 Å². The van der Waals surface area contributed by atoms with Gasteiger partial charge in [-0.1, -0.05) is 66.2 Å². The first kappa shape index (κ1) is 26.1. The molecule has 0 aliphatic rings. The van der Waals surface area contributed by atoms with Gasteiger partial charge in [0.2, 0.25) is 0 Å². The molecule has 0 heterocycles. The monoisotopic (exact) mass is 348 g/mol. The van der Waals surface area contributed by atoms with Gasteiger partial charge in [-0.2, -0.15) is 0 Å². The second kappa shape index (κ2) is 22.8. The van der Waals surface area contributed by atoms with Crippen molar-refractivity contribution >= 4 is 0 Å². The van der Waals surface area contributed by atoms with Gasteiger partial charge in [0.25, 0.3) is 0 Å². The van der Waals surface area contributed by atoms with Crippen molar-refractivity contribution in [2.45, 2.75) is 92.9 Å². The summed E-state index contributed by atoms with van der Waals surface area (Å²) in [5.74, 6) is 1.33. The van der Waals surface area contributed by atoms with Crippen LogP contribution in [0.25, 0.3) is 0 Å². The Bertz CT molecular complexity index is 190. The molecule has 0 aromatic carbocycles. The zero-order valence-electron chi connectivity index (χ0n) is 17.3. The molecule has 148 valence electrons. The average Bonchev–Trinajstić information content (AvgIpc) is 2.62. The van der Waals surface area contributed by atoms with Gasteiger partial charge in [0.1, 0.15) is 0 Å². The van der Waals surface area contributed by atoms with Gasteiger partial charge >= 0.3 is 0 Å². The van der Waals surface area contributed by atoms with Gasteiger partial charge in [-0.05, 0) is 38.5 Å². The molecule has 0 N–H and O–H groups in total. The molecule has 24 heavy (non-hydrogen) atoms. The number of hydrogen-bond acceptors (Lipinski definition) is 4. The first-order chi connectivity index (χ1) is 11.7. The summed E-state index contributed by atoms with van der Waals surface area (Å²) >= 11 is 0. The van der Waals surface area contributed by atoms with E-state index in [4.69, 9.17) is 9.78 Å². The van der Waals surface area contributed by atoms with Crippen molar-refractivity contribution in [1.82, 2.24) is 0 Å². The second-order valence-corrected chi connectivity index (χ2v) is 6.22. The Kier molecular flexibility index (Phi) is 24.8. The molecule has 2 unspecified atom stereocenters. The van der Waals surface area contributed by atoms with Gasteiger partial charge in [-0.25, -0.2) is 19.6 Å². The lowest BCUT2D eigenvalue weighted by atomic mass is 10.0. The Morgan fingerprint density at radius 1 is 0.542 bits per heavy atom. The Labute approximate surface area is 151 Å². The van der Waals surface area contributed by atoms with E-state index < -0.39 is 0 Å². The van der Waals surface area contributed by atoms with Gasteiger partial charge < -0.3 is 0 Å². The third-order valence-electron chi connectivity index (χ3n) is 4.10. The van der Waals surface area contributed by atoms with E-state index in [9.17, 15) is 0 Å². The van der Waals surface area contributed by atoms with E-state index in [-0.39, 0.29) is 0 Å². The Balaban J connectivity index is 0. The van der Waals surface area contributed by atoms with Crippen LogP contribution < -0.4 is 0 Å². The highest BCUT2D eigenvalue weighted by atomic mass is 17.2. The first-order valence-corrected chi connectivity index (χ1v) is 10.2. The highest BCUT2D eigenvalue weighted by molar-refractivity contribution is 4.56. The summed E-state index contributed by atoms with van der Waals surface area (Å²) in [6.45, 7) is 15.5. The first-order valence-electron chi connectivity index (χ1n) is 10.2. The van der Waals surface area contributed by atoms with Crippen molar-refractivity contribution in [3.05, 3.63) is 0 Å². The van der Waals surface area contributed by atoms with E-state index in [1.165, 1.54) is 51.4 Å². The lowest BCUT2D eigenvalue weighted by molar-refractivity contribution is -0.308. The van der Waals surface area contributed by atoms with Crippen LogP contribution in [0.2, 0.25) is 0 Å². The maximum atomic E-state index is 5.40. The fraction of sp³-hybridized carbons (Fsp3) is 1.00. The van der Waals surface area contributed by atoms with E-state index in [1.807, 2.05) is 13.8 Å². The fourth-order valence-corrected chi connectivity index (χ4v) is 2.25. The molecular formula is C20H44O4. The number of rotatable bonds is 16. The molecule has 0 aromatic rings. The minimum Gasteiger partial charge on any atom is -0.237 e. The maximum Gasteiger partial charge on any atom is 0.0850 e. The standard InChI is InChI=1S/C16H34O2.C4H10O2/c1-5-9-11-15(7-3)13-17-18-14-16(8-4)12-10-6-2;1-3-5-6-4-2/h15-16H,5-14H2,1-4H3;3-4H2,1-2H3. The third kappa shape index (κ3) is 19.9.